The molecular weight excluding hydrogens is 300 g/mol. The van der Waals surface area contributed by atoms with E-state index < -0.39 is 0 Å². The van der Waals surface area contributed by atoms with E-state index in [0.717, 1.165) is 29.2 Å². The van der Waals surface area contributed by atoms with Gasteiger partial charge in [-0.05, 0) is 36.4 Å². The lowest BCUT2D eigenvalue weighted by Gasteiger charge is -2.13. The van der Waals surface area contributed by atoms with Crippen molar-refractivity contribution in [2.75, 3.05) is 0 Å². The first-order valence-corrected chi connectivity index (χ1v) is 8.06. The lowest BCUT2D eigenvalue weighted by atomic mass is 10.3. The predicted octanol–water partition coefficient (Wildman–Crippen LogP) is 2.13. The molecule has 0 saturated heterocycles. The monoisotopic (exact) mass is 320 g/mol. The molecule has 2 aromatic heterocycles. The number of nitrogens with one attached hydrogen (secondary N) is 1. The van der Waals surface area contributed by atoms with Gasteiger partial charge >= 0.3 is 0 Å². The van der Waals surface area contributed by atoms with Gasteiger partial charge in [-0.25, -0.2) is 0 Å². The highest BCUT2D eigenvalue weighted by Gasteiger charge is 2.14. The Morgan fingerprint density at radius 1 is 1.59 bits per heavy atom. The van der Waals surface area contributed by atoms with Gasteiger partial charge in [-0.1, -0.05) is 6.92 Å². The Hall–Kier alpha value is -1.99. The summed E-state index contributed by atoms with van der Waals surface area (Å²) in [6.07, 6.45) is 5.89. The third-order valence-corrected chi connectivity index (χ3v) is 4.06. The maximum Gasteiger partial charge on any atom is 0.244 e. The number of aryl methyl sites for hydroxylation is 1. The number of thiophene rings is 1. The summed E-state index contributed by atoms with van der Waals surface area (Å²) in [5, 5.41) is 21.7. The summed E-state index contributed by atoms with van der Waals surface area (Å²) in [7, 11) is 0. The van der Waals surface area contributed by atoms with E-state index in [1.165, 1.54) is 17.4 Å². The fourth-order valence-corrected chi connectivity index (χ4v) is 2.86. The first kappa shape index (κ1) is 16.4. The predicted molar refractivity (Wildman–Crippen MR) is 86.1 cm³/mol. The van der Waals surface area contributed by atoms with Gasteiger partial charge in [0.15, 0.2) is 5.82 Å². The van der Waals surface area contributed by atoms with E-state index in [0.29, 0.717) is 0 Å². The zero-order valence-corrected chi connectivity index (χ0v) is 13.5. The van der Waals surface area contributed by atoms with Crippen LogP contribution >= 0.6 is 11.3 Å². The van der Waals surface area contributed by atoms with Crippen LogP contribution in [0.1, 0.15) is 42.6 Å². The molecule has 0 aliphatic heterocycles. The van der Waals surface area contributed by atoms with Crippen molar-refractivity contribution < 1.29 is 9.90 Å². The first-order valence-electron chi connectivity index (χ1n) is 7.18. The summed E-state index contributed by atoms with van der Waals surface area (Å²) in [6, 6.07) is 1.65. The second-order valence-corrected chi connectivity index (χ2v) is 5.90. The molecule has 0 radical (unpaired) electrons. The second-order valence-electron chi connectivity index (χ2n) is 4.96. The van der Waals surface area contributed by atoms with Crippen molar-refractivity contribution in [2.24, 2.45) is 0 Å². The maximum atomic E-state index is 12.0. The Labute approximate surface area is 133 Å². The number of aliphatic hydroxyl groups is 1. The number of carbonyl (C=O) groups excluding carboxylic acids is 1. The molecule has 2 N–H and O–H groups in total. The minimum atomic E-state index is -0.206. The Balaban J connectivity index is 1.94. The SMILES string of the molecule is CCCn1cnnc1C(C)NC(=O)C=Cc1cc(CO)cs1. The molecule has 1 amide bonds. The van der Waals surface area contributed by atoms with Crippen molar-refractivity contribution in [1.82, 2.24) is 20.1 Å². The van der Waals surface area contributed by atoms with Crippen LogP contribution in [0.5, 0.6) is 0 Å². The van der Waals surface area contributed by atoms with Gasteiger partial charge in [-0.2, -0.15) is 0 Å². The molecule has 0 fully saturated rings. The summed E-state index contributed by atoms with van der Waals surface area (Å²) < 4.78 is 1.95. The number of aliphatic hydroxyl groups excluding tert-OH is 1. The number of amides is 1. The van der Waals surface area contributed by atoms with Crippen molar-refractivity contribution in [3.05, 3.63) is 40.1 Å². The van der Waals surface area contributed by atoms with Crippen LogP contribution in [0, 0.1) is 0 Å². The van der Waals surface area contributed by atoms with E-state index in [-0.39, 0.29) is 18.6 Å². The molecule has 0 saturated carbocycles. The first-order chi connectivity index (χ1) is 10.6. The number of hydrogen-bond donors (Lipinski definition) is 2. The van der Waals surface area contributed by atoms with Gasteiger partial charge < -0.3 is 15.0 Å². The minimum Gasteiger partial charge on any atom is -0.392 e. The second kappa shape index (κ2) is 7.86. The number of carbonyl (C=O) groups is 1. The van der Waals surface area contributed by atoms with Gasteiger partial charge in [0.05, 0.1) is 12.6 Å². The number of nitrogens with zero attached hydrogens (tertiary/aromatic N) is 3. The van der Waals surface area contributed by atoms with Crippen LogP contribution in [-0.2, 0) is 17.9 Å². The molecule has 0 aromatic carbocycles. The molecule has 2 aromatic rings. The van der Waals surface area contributed by atoms with Gasteiger partial charge in [-0.3, -0.25) is 4.79 Å². The summed E-state index contributed by atoms with van der Waals surface area (Å²) in [4.78, 5) is 12.9. The number of hydrogen-bond acceptors (Lipinski definition) is 5. The van der Waals surface area contributed by atoms with Gasteiger partial charge in [0.25, 0.3) is 0 Å². The van der Waals surface area contributed by atoms with Gasteiger partial charge in [0.1, 0.15) is 6.33 Å². The van der Waals surface area contributed by atoms with Crippen LogP contribution < -0.4 is 5.32 Å². The summed E-state index contributed by atoms with van der Waals surface area (Å²) in [5.74, 6) is 0.569. The standard InChI is InChI=1S/C15H20N4O2S/c1-3-6-19-10-16-18-15(19)11(2)17-14(21)5-4-13-7-12(8-20)9-22-13/h4-5,7,9-11,20H,3,6,8H2,1-2H3,(H,17,21). The lowest BCUT2D eigenvalue weighted by molar-refractivity contribution is -0.117. The topological polar surface area (TPSA) is 80.0 Å². The molecule has 22 heavy (non-hydrogen) atoms. The maximum absolute atomic E-state index is 12.0. The average Bonchev–Trinajstić information content (AvgIpc) is 3.14. The smallest absolute Gasteiger partial charge is 0.244 e. The minimum absolute atomic E-state index is 0.0145. The highest BCUT2D eigenvalue weighted by molar-refractivity contribution is 7.11. The molecule has 2 rings (SSSR count). The van der Waals surface area contributed by atoms with Crippen LogP contribution in [0.4, 0.5) is 0 Å². The molecule has 0 aliphatic carbocycles. The molecule has 1 unspecified atom stereocenters. The van der Waals surface area contributed by atoms with Crippen molar-refractivity contribution in [3.8, 4) is 0 Å². The van der Waals surface area contributed by atoms with Gasteiger partial charge in [0.2, 0.25) is 5.91 Å². The molecule has 0 bridgehead atoms. The van der Waals surface area contributed by atoms with Crippen LogP contribution in [0.15, 0.2) is 23.8 Å². The Morgan fingerprint density at radius 3 is 3.09 bits per heavy atom. The molecule has 6 nitrogen and oxygen atoms in total. The molecular formula is C15H20N4O2S. The average molecular weight is 320 g/mol. The highest BCUT2D eigenvalue weighted by Crippen LogP contribution is 2.16. The van der Waals surface area contributed by atoms with Crippen LogP contribution in [0.2, 0.25) is 0 Å². The van der Waals surface area contributed by atoms with E-state index in [1.54, 1.807) is 12.4 Å². The van der Waals surface area contributed by atoms with E-state index in [2.05, 4.69) is 22.4 Å². The highest BCUT2D eigenvalue weighted by atomic mass is 32.1. The fraction of sp³-hybridized carbons (Fsp3) is 0.400. The normalized spacial score (nSPS) is 12.7. The van der Waals surface area contributed by atoms with Crippen LogP contribution in [-0.4, -0.2) is 25.8 Å². The van der Waals surface area contributed by atoms with Crippen LogP contribution in [0.25, 0.3) is 6.08 Å². The van der Waals surface area contributed by atoms with Crippen molar-refractivity contribution in [2.45, 2.75) is 39.5 Å². The lowest BCUT2D eigenvalue weighted by Crippen LogP contribution is -2.27. The van der Waals surface area contributed by atoms with Crippen LogP contribution in [0.3, 0.4) is 0 Å². The Bertz CT molecular complexity index is 648. The molecule has 7 heteroatoms. The number of aromatic nitrogens is 3. The zero-order valence-electron chi connectivity index (χ0n) is 12.7. The largest absolute Gasteiger partial charge is 0.392 e. The van der Waals surface area contributed by atoms with E-state index >= 15 is 0 Å². The summed E-state index contributed by atoms with van der Waals surface area (Å²) >= 11 is 1.49. The zero-order chi connectivity index (χ0) is 15.9. The van der Waals surface area contributed by atoms with Gasteiger partial charge in [-0.15, -0.1) is 21.5 Å². The molecule has 118 valence electrons. The van der Waals surface area contributed by atoms with Crippen molar-refractivity contribution in [3.63, 3.8) is 0 Å². The van der Waals surface area contributed by atoms with E-state index in [9.17, 15) is 4.79 Å². The summed E-state index contributed by atoms with van der Waals surface area (Å²) in [6.45, 7) is 4.81. The molecule has 0 aliphatic rings. The fourth-order valence-electron chi connectivity index (χ4n) is 2.06. The quantitative estimate of drug-likeness (QED) is 0.766. The van der Waals surface area contributed by atoms with Crippen molar-refractivity contribution in [1.29, 1.82) is 0 Å². The third-order valence-electron chi connectivity index (χ3n) is 3.11. The Kier molecular flexibility index (Phi) is 5.85. The molecule has 0 spiro atoms. The van der Waals surface area contributed by atoms with Gasteiger partial charge in [0, 0.05) is 17.5 Å². The molecule has 1 atom stereocenters. The third kappa shape index (κ3) is 4.25. The van der Waals surface area contributed by atoms with E-state index in [4.69, 9.17) is 5.11 Å². The number of rotatable bonds is 7. The van der Waals surface area contributed by atoms with Crippen molar-refractivity contribution >= 4 is 23.3 Å². The summed E-state index contributed by atoms with van der Waals surface area (Å²) in [5.41, 5.74) is 0.853. The molecule has 2 heterocycles. The van der Waals surface area contributed by atoms with E-state index in [1.807, 2.05) is 22.9 Å². The Morgan fingerprint density at radius 2 is 2.41 bits per heavy atom.